The normalized spacial score (nSPS) is 17.0. The van der Waals surface area contributed by atoms with Crippen molar-refractivity contribution in [1.29, 1.82) is 0 Å². The van der Waals surface area contributed by atoms with Gasteiger partial charge >= 0.3 is 0 Å². The van der Waals surface area contributed by atoms with Crippen LogP contribution in [0.2, 0.25) is 0 Å². The van der Waals surface area contributed by atoms with Crippen molar-refractivity contribution < 1.29 is 9.84 Å². The molecule has 29 heavy (non-hydrogen) atoms. The Hall–Kier alpha value is -2.88. The van der Waals surface area contributed by atoms with Crippen LogP contribution in [-0.2, 0) is 13.0 Å². The van der Waals surface area contributed by atoms with Gasteiger partial charge in [-0.25, -0.2) is 0 Å². The van der Waals surface area contributed by atoms with Gasteiger partial charge in [-0.05, 0) is 40.8 Å². The van der Waals surface area contributed by atoms with E-state index in [1.54, 1.807) is 0 Å². The Kier molecular flexibility index (Phi) is 6.40. The highest BCUT2D eigenvalue weighted by atomic mass is 16.5. The number of rotatable bonds is 7. The van der Waals surface area contributed by atoms with E-state index in [0.29, 0.717) is 13.2 Å². The van der Waals surface area contributed by atoms with Gasteiger partial charge in [-0.3, -0.25) is 4.90 Å². The van der Waals surface area contributed by atoms with Gasteiger partial charge in [0.15, 0.2) is 0 Å². The maximum atomic E-state index is 10.7. The van der Waals surface area contributed by atoms with Crippen LogP contribution in [0.4, 0.5) is 0 Å². The summed E-state index contributed by atoms with van der Waals surface area (Å²) in [5.74, 6) is 0.841. The largest absolute Gasteiger partial charge is 0.489 e. The summed E-state index contributed by atoms with van der Waals surface area (Å²) in [6.45, 7) is 3.05. The summed E-state index contributed by atoms with van der Waals surface area (Å²) in [6, 6.07) is 28.7. The molecule has 0 spiro atoms. The van der Waals surface area contributed by atoms with Crippen molar-refractivity contribution >= 4 is 5.57 Å². The average Bonchev–Trinajstić information content (AvgIpc) is 2.78. The Bertz CT molecular complexity index is 920. The first kappa shape index (κ1) is 19.4. The summed E-state index contributed by atoms with van der Waals surface area (Å²) in [7, 11) is 0. The van der Waals surface area contributed by atoms with Crippen molar-refractivity contribution in [2.45, 2.75) is 19.1 Å². The number of aliphatic hydroxyl groups is 1. The highest BCUT2D eigenvalue weighted by Gasteiger charge is 2.21. The van der Waals surface area contributed by atoms with Gasteiger partial charge in [-0.1, -0.05) is 78.9 Å². The summed E-state index contributed by atoms with van der Waals surface area (Å²) in [6.07, 6.45) is 2.69. The van der Waals surface area contributed by atoms with Crippen LogP contribution < -0.4 is 4.74 Å². The first-order valence-electron chi connectivity index (χ1n) is 10.2. The molecule has 1 unspecified atom stereocenters. The fourth-order valence-corrected chi connectivity index (χ4v) is 3.69. The SMILES string of the molecule is OC1CN(CCc2ccccc2)CC=C1c1ccc(OCc2ccccc2)cc1. The summed E-state index contributed by atoms with van der Waals surface area (Å²) >= 11 is 0. The van der Waals surface area contributed by atoms with Crippen LogP contribution in [0.3, 0.4) is 0 Å². The van der Waals surface area contributed by atoms with Gasteiger partial charge in [0, 0.05) is 19.6 Å². The molecule has 0 fully saturated rings. The molecule has 0 aromatic heterocycles. The summed E-state index contributed by atoms with van der Waals surface area (Å²) < 4.78 is 5.86. The molecule has 1 aliphatic heterocycles. The van der Waals surface area contributed by atoms with Crippen LogP contribution in [0, 0.1) is 0 Å². The van der Waals surface area contributed by atoms with Crippen LogP contribution in [0.15, 0.2) is 91.0 Å². The van der Waals surface area contributed by atoms with Gasteiger partial charge in [-0.15, -0.1) is 0 Å². The molecule has 0 amide bonds. The fourth-order valence-electron chi connectivity index (χ4n) is 3.69. The second-order valence-electron chi connectivity index (χ2n) is 7.47. The minimum Gasteiger partial charge on any atom is -0.489 e. The zero-order valence-corrected chi connectivity index (χ0v) is 16.6. The lowest BCUT2D eigenvalue weighted by molar-refractivity contribution is 0.153. The second-order valence-corrected chi connectivity index (χ2v) is 7.47. The molecule has 1 atom stereocenters. The first-order chi connectivity index (χ1) is 14.3. The number of β-amino-alcohol motifs (C(OH)–C–C–N with tert-alkyl or cyclic N) is 1. The van der Waals surface area contributed by atoms with Crippen molar-refractivity contribution in [3.05, 3.63) is 108 Å². The van der Waals surface area contributed by atoms with E-state index in [0.717, 1.165) is 42.0 Å². The number of hydrogen-bond acceptors (Lipinski definition) is 3. The minimum atomic E-state index is -0.462. The molecule has 148 valence electrons. The predicted molar refractivity (Wildman–Crippen MR) is 118 cm³/mol. The van der Waals surface area contributed by atoms with E-state index < -0.39 is 6.10 Å². The number of aliphatic hydroxyl groups excluding tert-OH is 1. The fraction of sp³-hybridized carbons (Fsp3) is 0.231. The number of benzene rings is 3. The highest BCUT2D eigenvalue weighted by molar-refractivity contribution is 5.70. The molecule has 0 saturated carbocycles. The molecule has 1 aliphatic rings. The summed E-state index contributed by atoms with van der Waals surface area (Å²) in [5, 5.41) is 10.7. The molecule has 0 bridgehead atoms. The molecule has 0 aliphatic carbocycles. The molecule has 4 rings (SSSR count). The van der Waals surface area contributed by atoms with Gasteiger partial charge in [-0.2, -0.15) is 0 Å². The average molecular weight is 386 g/mol. The van der Waals surface area contributed by atoms with E-state index in [4.69, 9.17) is 4.74 Å². The topological polar surface area (TPSA) is 32.7 Å². The monoisotopic (exact) mass is 385 g/mol. The lowest BCUT2D eigenvalue weighted by atomic mass is 9.96. The zero-order valence-electron chi connectivity index (χ0n) is 16.6. The van der Waals surface area contributed by atoms with Gasteiger partial charge in [0.25, 0.3) is 0 Å². The third-order valence-corrected chi connectivity index (χ3v) is 5.36. The van der Waals surface area contributed by atoms with Crippen LogP contribution >= 0.6 is 0 Å². The van der Waals surface area contributed by atoms with E-state index in [9.17, 15) is 5.11 Å². The van der Waals surface area contributed by atoms with Gasteiger partial charge in [0.1, 0.15) is 12.4 Å². The van der Waals surface area contributed by atoms with Gasteiger partial charge < -0.3 is 9.84 Å². The van der Waals surface area contributed by atoms with E-state index in [1.807, 2.05) is 48.5 Å². The number of nitrogens with zero attached hydrogens (tertiary/aromatic N) is 1. The smallest absolute Gasteiger partial charge is 0.119 e. The van der Waals surface area contributed by atoms with Crippen molar-refractivity contribution in [2.75, 3.05) is 19.6 Å². The van der Waals surface area contributed by atoms with Crippen LogP contribution in [-0.4, -0.2) is 35.7 Å². The Morgan fingerprint density at radius 2 is 1.48 bits per heavy atom. The third-order valence-electron chi connectivity index (χ3n) is 5.36. The van der Waals surface area contributed by atoms with E-state index in [1.165, 1.54) is 5.56 Å². The Balaban J connectivity index is 1.32. The van der Waals surface area contributed by atoms with Crippen molar-refractivity contribution in [3.8, 4) is 5.75 Å². The zero-order chi connectivity index (χ0) is 19.9. The lowest BCUT2D eigenvalue weighted by Gasteiger charge is -2.30. The van der Waals surface area contributed by atoms with E-state index in [-0.39, 0.29) is 0 Å². The van der Waals surface area contributed by atoms with Gasteiger partial charge in [0.05, 0.1) is 6.10 Å². The molecular formula is C26H27NO2. The Morgan fingerprint density at radius 1 is 0.828 bits per heavy atom. The summed E-state index contributed by atoms with van der Waals surface area (Å²) in [4.78, 5) is 2.30. The van der Waals surface area contributed by atoms with Crippen LogP contribution in [0.5, 0.6) is 5.75 Å². The minimum absolute atomic E-state index is 0.462. The second kappa shape index (κ2) is 9.55. The van der Waals surface area contributed by atoms with Crippen LogP contribution in [0.25, 0.3) is 5.57 Å². The third kappa shape index (κ3) is 5.35. The molecule has 1 N–H and O–H groups in total. The molecule has 0 saturated heterocycles. The standard InChI is InChI=1S/C26H27NO2/c28-26-19-27(17-15-21-7-3-1-4-8-21)18-16-25(26)23-11-13-24(14-12-23)29-20-22-9-5-2-6-10-22/h1-14,16,26,28H,15,17-20H2. The predicted octanol–water partition coefficient (Wildman–Crippen LogP) is 4.57. The molecule has 1 heterocycles. The molecule has 0 radical (unpaired) electrons. The van der Waals surface area contributed by atoms with Gasteiger partial charge in [0.2, 0.25) is 0 Å². The Morgan fingerprint density at radius 3 is 2.14 bits per heavy atom. The number of ether oxygens (including phenoxy) is 1. The van der Waals surface area contributed by atoms with E-state index >= 15 is 0 Å². The maximum Gasteiger partial charge on any atom is 0.119 e. The molecule has 3 aromatic carbocycles. The van der Waals surface area contributed by atoms with Crippen molar-refractivity contribution in [3.63, 3.8) is 0 Å². The molecule has 3 heteroatoms. The van der Waals surface area contributed by atoms with Crippen molar-refractivity contribution in [2.24, 2.45) is 0 Å². The highest BCUT2D eigenvalue weighted by Crippen LogP contribution is 2.25. The Labute approximate surface area is 172 Å². The lowest BCUT2D eigenvalue weighted by Crippen LogP contribution is -2.38. The van der Waals surface area contributed by atoms with E-state index in [2.05, 4.69) is 47.4 Å². The van der Waals surface area contributed by atoms with Crippen molar-refractivity contribution in [1.82, 2.24) is 4.90 Å². The molecule has 3 nitrogen and oxygen atoms in total. The molecule has 3 aromatic rings. The molecular weight excluding hydrogens is 358 g/mol. The summed E-state index contributed by atoms with van der Waals surface area (Å²) in [5.41, 5.74) is 4.56. The quantitative estimate of drug-likeness (QED) is 0.647. The maximum absolute atomic E-state index is 10.7. The number of hydrogen-bond donors (Lipinski definition) is 1. The first-order valence-corrected chi connectivity index (χ1v) is 10.2. The van der Waals surface area contributed by atoms with Crippen LogP contribution in [0.1, 0.15) is 16.7 Å².